The lowest BCUT2D eigenvalue weighted by molar-refractivity contribution is 1.31. The van der Waals surface area contributed by atoms with Gasteiger partial charge in [0.15, 0.2) is 0 Å². The van der Waals surface area contributed by atoms with Crippen LogP contribution in [0.4, 0.5) is 0 Å². The average Bonchev–Trinajstić information content (AvgIpc) is 3.09. The normalized spacial score (nSPS) is 10.3. The monoisotopic (exact) mass is 366 g/mol. The topological polar surface area (TPSA) is 28.7 Å². The largest absolute Gasteiger partial charge is 0.337 e. The predicted octanol–water partition coefficient (Wildman–Crippen LogP) is 6.49. The molecule has 0 saturated heterocycles. The molecule has 0 fully saturated rings. The van der Waals surface area contributed by atoms with Gasteiger partial charge in [-0.05, 0) is 24.3 Å². The van der Waals surface area contributed by atoms with Crippen molar-refractivity contribution in [2.45, 2.75) is 0 Å². The van der Waals surface area contributed by atoms with Crippen LogP contribution in [0.1, 0.15) is 0 Å². The second-order valence-corrected chi connectivity index (χ2v) is 5.98. The van der Waals surface area contributed by atoms with Crippen LogP contribution in [0.25, 0.3) is 33.9 Å². The van der Waals surface area contributed by atoms with Crippen molar-refractivity contribution in [3.05, 3.63) is 90.0 Å². The lowest BCUT2D eigenvalue weighted by Crippen LogP contribution is -1.82. The first-order valence-corrected chi connectivity index (χ1v) is 8.16. The summed E-state index contributed by atoms with van der Waals surface area (Å²) in [6.45, 7) is 0. The van der Waals surface area contributed by atoms with Crippen molar-refractivity contribution < 1.29 is 0 Å². The number of aromatic nitrogens is 2. The van der Waals surface area contributed by atoms with Gasteiger partial charge in [-0.1, -0.05) is 72.3 Å². The molecular weight excluding hydrogens is 351 g/mol. The van der Waals surface area contributed by atoms with Crippen molar-refractivity contribution in [3.63, 3.8) is 0 Å². The minimum absolute atomic E-state index is 0. The Balaban J connectivity index is 0.00000182. The molecule has 0 aliphatic heterocycles. The van der Waals surface area contributed by atoms with Gasteiger partial charge in [-0.2, -0.15) is 0 Å². The highest BCUT2D eigenvalue weighted by Gasteiger charge is 2.14. The van der Waals surface area contributed by atoms with Crippen molar-refractivity contribution >= 4 is 24.0 Å². The van der Waals surface area contributed by atoms with E-state index in [1.54, 1.807) is 0 Å². The Labute approximate surface area is 157 Å². The lowest BCUT2D eigenvalue weighted by Gasteiger charge is -2.02. The molecule has 3 aromatic carbocycles. The van der Waals surface area contributed by atoms with Gasteiger partial charge in [0.25, 0.3) is 0 Å². The Hall–Kier alpha value is -2.55. The zero-order valence-electron chi connectivity index (χ0n) is 13.3. The molecule has 4 rings (SSSR count). The molecule has 25 heavy (non-hydrogen) atoms. The van der Waals surface area contributed by atoms with Crippen LogP contribution < -0.4 is 0 Å². The summed E-state index contributed by atoms with van der Waals surface area (Å²) >= 11 is 6.00. The molecule has 0 spiro atoms. The SMILES string of the molecule is Cl.Clc1ccc(-c2nc(-c3ccccc3)c(-c3ccccc3)[nH]2)cc1. The first kappa shape index (κ1) is 17.3. The van der Waals surface area contributed by atoms with Crippen molar-refractivity contribution in [3.8, 4) is 33.9 Å². The van der Waals surface area contributed by atoms with Crippen LogP contribution in [0, 0.1) is 0 Å². The second-order valence-electron chi connectivity index (χ2n) is 5.55. The maximum absolute atomic E-state index is 6.00. The van der Waals surface area contributed by atoms with Crippen LogP contribution in [-0.2, 0) is 0 Å². The van der Waals surface area contributed by atoms with Gasteiger partial charge < -0.3 is 4.98 Å². The molecule has 0 saturated carbocycles. The number of hydrogen-bond acceptors (Lipinski definition) is 1. The van der Waals surface area contributed by atoms with Crippen LogP contribution in [0.3, 0.4) is 0 Å². The molecule has 124 valence electrons. The summed E-state index contributed by atoms with van der Waals surface area (Å²) in [6.07, 6.45) is 0. The van der Waals surface area contributed by atoms with E-state index in [0.717, 1.165) is 38.9 Å². The van der Waals surface area contributed by atoms with E-state index in [4.69, 9.17) is 16.6 Å². The quantitative estimate of drug-likeness (QED) is 0.441. The standard InChI is InChI=1S/C21H15ClN2.ClH/c22-18-13-11-17(12-14-18)21-23-19(15-7-3-1-4-8-15)20(24-21)16-9-5-2-6-10-16;/h1-14H,(H,23,24);1H. The van der Waals surface area contributed by atoms with Gasteiger partial charge >= 0.3 is 0 Å². The highest BCUT2D eigenvalue weighted by molar-refractivity contribution is 6.30. The summed E-state index contributed by atoms with van der Waals surface area (Å²) in [6, 6.07) is 28.2. The molecule has 1 aromatic heterocycles. The summed E-state index contributed by atoms with van der Waals surface area (Å²) < 4.78 is 0. The van der Waals surface area contributed by atoms with E-state index in [1.165, 1.54) is 0 Å². The fraction of sp³-hybridized carbons (Fsp3) is 0. The minimum Gasteiger partial charge on any atom is -0.337 e. The van der Waals surface area contributed by atoms with Gasteiger partial charge in [-0.15, -0.1) is 12.4 Å². The number of nitrogens with zero attached hydrogens (tertiary/aromatic N) is 1. The lowest BCUT2D eigenvalue weighted by atomic mass is 10.1. The van der Waals surface area contributed by atoms with E-state index in [-0.39, 0.29) is 12.4 Å². The molecule has 0 atom stereocenters. The van der Waals surface area contributed by atoms with Crippen molar-refractivity contribution in [1.82, 2.24) is 9.97 Å². The Morgan fingerprint density at radius 2 is 1.20 bits per heavy atom. The zero-order valence-corrected chi connectivity index (χ0v) is 14.9. The summed E-state index contributed by atoms with van der Waals surface area (Å²) in [5.41, 5.74) is 5.19. The second kappa shape index (κ2) is 7.56. The van der Waals surface area contributed by atoms with Crippen LogP contribution >= 0.6 is 24.0 Å². The Kier molecular flexibility index (Phi) is 5.22. The minimum atomic E-state index is 0. The summed E-state index contributed by atoms with van der Waals surface area (Å²) in [5.74, 6) is 0.837. The van der Waals surface area contributed by atoms with Gasteiger partial charge in [0.05, 0.1) is 11.4 Å². The highest BCUT2D eigenvalue weighted by Crippen LogP contribution is 2.33. The number of benzene rings is 3. The van der Waals surface area contributed by atoms with Crippen LogP contribution in [0.5, 0.6) is 0 Å². The number of nitrogens with one attached hydrogen (secondary N) is 1. The van der Waals surface area contributed by atoms with Gasteiger partial charge in [-0.3, -0.25) is 0 Å². The summed E-state index contributed by atoms with van der Waals surface area (Å²) in [7, 11) is 0. The van der Waals surface area contributed by atoms with E-state index < -0.39 is 0 Å². The van der Waals surface area contributed by atoms with Gasteiger partial charge in [0, 0.05) is 21.7 Å². The molecule has 1 N–H and O–H groups in total. The van der Waals surface area contributed by atoms with Crippen LogP contribution in [-0.4, -0.2) is 9.97 Å². The summed E-state index contributed by atoms with van der Waals surface area (Å²) in [5, 5.41) is 0.719. The number of halogens is 2. The molecule has 1 heterocycles. The molecule has 0 unspecified atom stereocenters. The average molecular weight is 367 g/mol. The molecule has 0 aliphatic carbocycles. The van der Waals surface area contributed by atoms with E-state index >= 15 is 0 Å². The molecule has 0 amide bonds. The van der Waals surface area contributed by atoms with Crippen LogP contribution in [0.15, 0.2) is 84.9 Å². The van der Waals surface area contributed by atoms with Crippen LogP contribution in [0.2, 0.25) is 5.02 Å². The highest BCUT2D eigenvalue weighted by atomic mass is 35.5. The zero-order chi connectivity index (χ0) is 16.4. The van der Waals surface area contributed by atoms with E-state index in [1.807, 2.05) is 60.7 Å². The Bertz CT molecular complexity index is 889. The van der Waals surface area contributed by atoms with E-state index in [0.29, 0.717) is 0 Å². The van der Waals surface area contributed by atoms with Gasteiger partial charge in [0.2, 0.25) is 0 Å². The van der Waals surface area contributed by atoms with Gasteiger partial charge in [0.1, 0.15) is 5.82 Å². The van der Waals surface area contributed by atoms with Crippen molar-refractivity contribution in [2.24, 2.45) is 0 Å². The number of rotatable bonds is 3. The Morgan fingerprint density at radius 1 is 0.640 bits per heavy atom. The molecule has 0 bridgehead atoms. The number of aromatic amines is 1. The van der Waals surface area contributed by atoms with E-state index in [2.05, 4.69) is 29.2 Å². The molecule has 4 aromatic rings. The third-order valence-corrected chi connectivity index (χ3v) is 4.18. The first-order valence-electron chi connectivity index (χ1n) is 7.78. The molecule has 4 heteroatoms. The number of H-pyrrole nitrogens is 1. The predicted molar refractivity (Wildman–Crippen MR) is 107 cm³/mol. The number of imidazole rings is 1. The molecule has 2 nitrogen and oxygen atoms in total. The third-order valence-electron chi connectivity index (χ3n) is 3.93. The first-order chi connectivity index (χ1) is 11.8. The van der Waals surface area contributed by atoms with Crippen molar-refractivity contribution in [2.75, 3.05) is 0 Å². The maximum atomic E-state index is 6.00. The fourth-order valence-electron chi connectivity index (χ4n) is 2.74. The van der Waals surface area contributed by atoms with Crippen molar-refractivity contribution in [1.29, 1.82) is 0 Å². The molecular formula is C21H16Cl2N2. The number of hydrogen-bond donors (Lipinski definition) is 1. The molecule has 0 aliphatic rings. The Morgan fingerprint density at radius 3 is 1.80 bits per heavy atom. The smallest absolute Gasteiger partial charge is 0.138 e. The van der Waals surface area contributed by atoms with E-state index in [9.17, 15) is 0 Å². The maximum Gasteiger partial charge on any atom is 0.138 e. The van der Waals surface area contributed by atoms with Gasteiger partial charge in [-0.25, -0.2) is 4.98 Å². The molecule has 0 radical (unpaired) electrons. The summed E-state index contributed by atoms with van der Waals surface area (Å²) in [4.78, 5) is 8.34. The third kappa shape index (κ3) is 3.60. The fourth-order valence-corrected chi connectivity index (χ4v) is 2.86.